The number of hydrogen-bond acceptors (Lipinski definition) is 4. The van der Waals surface area contributed by atoms with Crippen LogP contribution in [0, 0.1) is 0 Å². The van der Waals surface area contributed by atoms with Crippen LogP contribution in [0.2, 0.25) is 0 Å². The van der Waals surface area contributed by atoms with Crippen molar-refractivity contribution in [1.29, 1.82) is 0 Å². The maximum Gasteiger partial charge on any atom is 0.387 e. The first-order valence-corrected chi connectivity index (χ1v) is 8.18. The van der Waals surface area contributed by atoms with Gasteiger partial charge in [0.15, 0.2) is 11.5 Å². The third kappa shape index (κ3) is 7.40. The van der Waals surface area contributed by atoms with Crippen LogP contribution in [0.4, 0.5) is 8.78 Å². The number of carbonyl (C=O) groups is 1. The lowest BCUT2D eigenvalue weighted by atomic mass is 10.1. The van der Waals surface area contributed by atoms with Gasteiger partial charge in [-0.2, -0.15) is 8.78 Å². The second-order valence-corrected chi connectivity index (χ2v) is 5.70. The zero-order valence-electron chi connectivity index (χ0n) is 14.9. The Hall–Kier alpha value is -2.38. The topological polar surface area (TPSA) is 73.6 Å². The third-order valence-corrected chi connectivity index (χ3v) is 3.79. The van der Waals surface area contributed by atoms with Crippen molar-refractivity contribution in [3.63, 3.8) is 0 Å². The van der Waals surface area contributed by atoms with Crippen LogP contribution in [0.3, 0.4) is 0 Å². The predicted molar refractivity (Wildman–Crippen MR) is 102 cm³/mol. The SMILES string of the molecule is COc1ccc(CCNC(=O)[C@@H](N)Cc2ccccc2)cc1OC(F)F.Cl. The lowest BCUT2D eigenvalue weighted by molar-refractivity contribution is -0.122. The highest BCUT2D eigenvalue weighted by Gasteiger charge is 2.14. The van der Waals surface area contributed by atoms with E-state index in [2.05, 4.69) is 10.1 Å². The molecule has 0 aliphatic rings. The Morgan fingerprint density at radius 3 is 2.44 bits per heavy atom. The molecule has 1 amide bonds. The summed E-state index contributed by atoms with van der Waals surface area (Å²) in [4.78, 5) is 12.1. The van der Waals surface area contributed by atoms with Crippen molar-refractivity contribution in [2.24, 2.45) is 5.73 Å². The van der Waals surface area contributed by atoms with Gasteiger partial charge in [-0.05, 0) is 36.1 Å². The van der Waals surface area contributed by atoms with E-state index in [1.54, 1.807) is 12.1 Å². The summed E-state index contributed by atoms with van der Waals surface area (Å²) in [5.41, 5.74) is 7.63. The highest BCUT2D eigenvalue weighted by molar-refractivity contribution is 5.85. The van der Waals surface area contributed by atoms with E-state index in [0.717, 1.165) is 11.1 Å². The molecule has 0 spiro atoms. The normalized spacial score (nSPS) is 11.4. The quantitative estimate of drug-likeness (QED) is 0.678. The summed E-state index contributed by atoms with van der Waals surface area (Å²) in [6.07, 6.45) is 0.898. The smallest absolute Gasteiger partial charge is 0.387 e. The van der Waals surface area contributed by atoms with Crippen molar-refractivity contribution in [3.05, 3.63) is 59.7 Å². The first-order chi connectivity index (χ1) is 12.5. The highest BCUT2D eigenvalue weighted by atomic mass is 35.5. The predicted octanol–water partition coefficient (Wildman–Crippen LogP) is 2.95. The lowest BCUT2D eigenvalue weighted by Gasteiger charge is -2.14. The van der Waals surface area contributed by atoms with Gasteiger partial charge in [0.25, 0.3) is 0 Å². The van der Waals surface area contributed by atoms with Crippen LogP contribution in [0.5, 0.6) is 11.5 Å². The first kappa shape index (κ1) is 22.7. The number of nitrogens with two attached hydrogens (primary N) is 1. The number of rotatable bonds is 9. The number of alkyl halides is 2. The molecule has 5 nitrogen and oxygen atoms in total. The third-order valence-electron chi connectivity index (χ3n) is 3.79. The van der Waals surface area contributed by atoms with Crippen molar-refractivity contribution < 1.29 is 23.0 Å². The number of halogens is 3. The zero-order chi connectivity index (χ0) is 18.9. The molecule has 0 aliphatic carbocycles. The van der Waals surface area contributed by atoms with E-state index in [1.807, 2.05) is 30.3 Å². The maximum atomic E-state index is 12.4. The molecule has 0 bridgehead atoms. The van der Waals surface area contributed by atoms with Crippen LogP contribution in [-0.2, 0) is 17.6 Å². The molecule has 148 valence electrons. The molecule has 2 aromatic rings. The first-order valence-electron chi connectivity index (χ1n) is 8.18. The lowest BCUT2D eigenvalue weighted by Crippen LogP contribution is -2.42. The Bertz CT molecular complexity index is 717. The molecule has 1 atom stereocenters. The van der Waals surface area contributed by atoms with Crippen molar-refractivity contribution in [1.82, 2.24) is 5.32 Å². The number of carbonyl (C=O) groups excluding carboxylic acids is 1. The Morgan fingerprint density at radius 2 is 1.81 bits per heavy atom. The molecule has 27 heavy (non-hydrogen) atoms. The maximum absolute atomic E-state index is 12.4. The average molecular weight is 401 g/mol. The van der Waals surface area contributed by atoms with Gasteiger partial charge in [-0.1, -0.05) is 36.4 Å². The molecule has 3 N–H and O–H groups in total. The van der Waals surface area contributed by atoms with Crippen LogP contribution < -0.4 is 20.5 Å². The van der Waals surface area contributed by atoms with Gasteiger partial charge in [0.1, 0.15) is 0 Å². The number of hydrogen-bond donors (Lipinski definition) is 2. The summed E-state index contributed by atoms with van der Waals surface area (Å²) in [7, 11) is 1.38. The average Bonchev–Trinajstić information content (AvgIpc) is 2.62. The fourth-order valence-corrected chi connectivity index (χ4v) is 2.49. The molecule has 0 saturated heterocycles. The summed E-state index contributed by atoms with van der Waals surface area (Å²) < 4.78 is 34.3. The van der Waals surface area contributed by atoms with Crippen LogP contribution >= 0.6 is 12.4 Å². The van der Waals surface area contributed by atoms with Crippen LogP contribution in [0.15, 0.2) is 48.5 Å². The number of nitrogens with one attached hydrogen (secondary N) is 1. The molecule has 0 fully saturated rings. The molecule has 0 aromatic heterocycles. The minimum absolute atomic E-state index is 0. The number of ether oxygens (including phenoxy) is 2. The van der Waals surface area contributed by atoms with Crippen molar-refractivity contribution >= 4 is 18.3 Å². The Kier molecular flexibility index (Phi) is 9.53. The van der Waals surface area contributed by atoms with Gasteiger partial charge in [0, 0.05) is 6.54 Å². The summed E-state index contributed by atoms with van der Waals surface area (Å²) in [6, 6.07) is 13.6. The molecule has 0 aliphatic heterocycles. The van der Waals surface area contributed by atoms with Crippen molar-refractivity contribution in [2.75, 3.05) is 13.7 Å². The number of methoxy groups -OCH3 is 1. The van der Waals surface area contributed by atoms with Gasteiger partial charge >= 0.3 is 6.61 Å². The standard InChI is InChI=1S/C19H22F2N2O3.ClH/c1-25-16-8-7-14(12-17(16)26-19(20)21)9-10-23-18(24)15(22)11-13-5-3-2-4-6-13;/h2-8,12,15,19H,9-11,22H2,1H3,(H,23,24);1H/t15-;/m0./s1. The molecular weight excluding hydrogens is 378 g/mol. The molecule has 8 heteroatoms. The Labute approximate surface area is 163 Å². The second kappa shape index (κ2) is 11.4. The molecule has 2 rings (SSSR count). The van der Waals surface area contributed by atoms with Crippen LogP contribution in [-0.4, -0.2) is 32.2 Å². The second-order valence-electron chi connectivity index (χ2n) is 5.70. The van der Waals surface area contributed by atoms with Gasteiger partial charge in [-0.3, -0.25) is 4.79 Å². The molecule has 0 heterocycles. The minimum Gasteiger partial charge on any atom is -0.493 e. The van der Waals surface area contributed by atoms with Crippen molar-refractivity contribution in [2.45, 2.75) is 25.5 Å². The number of amides is 1. The monoisotopic (exact) mass is 400 g/mol. The van der Waals surface area contributed by atoms with Gasteiger partial charge in [-0.25, -0.2) is 0 Å². The largest absolute Gasteiger partial charge is 0.493 e. The minimum atomic E-state index is -2.94. The van der Waals surface area contributed by atoms with Gasteiger partial charge in [-0.15, -0.1) is 12.4 Å². The molecule has 0 radical (unpaired) electrons. The van der Waals surface area contributed by atoms with E-state index < -0.39 is 12.7 Å². The van der Waals surface area contributed by atoms with Gasteiger partial charge in [0.2, 0.25) is 5.91 Å². The molecule has 0 unspecified atom stereocenters. The summed E-state index contributed by atoms with van der Waals surface area (Å²) in [5.74, 6) is -0.0681. The van der Waals surface area contributed by atoms with E-state index in [-0.39, 0.29) is 29.8 Å². The summed E-state index contributed by atoms with van der Waals surface area (Å²) in [5, 5.41) is 2.76. The van der Waals surface area contributed by atoms with E-state index in [9.17, 15) is 13.6 Å². The van der Waals surface area contributed by atoms with E-state index in [4.69, 9.17) is 10.5 Å². The van der Waals surface area contributed by atoms with E-state index >= 15 is 0 Å². The summed E-state index contributed by atoms with van der Waals surface area (Å²) in [6.45, 7) is -2.60. The number of benzene rings is 2. The van der Waals surface area contributed by atoms with Gasteiger partial charge in [0.05, 0.1) is 13.2 Å². The highest BCUT2D eigenvalue weighted by Crippen LogP contribution is 2.29. The molecule has 0 saturated carbocycles. The Balaban J connectivity index is 0.00000364. The van der Waals surface area contributed by atoms with E-state index in [1.165, 1.54) is 13.2 Å². The van der Waals surface area contributed by atoms with Crippen LogP contribution in [0.25, 0.3) is 0 Å². The van der Waals surface area contributed by atoms with Gasteiger partial charge < -0.3 is 20.5 Å². The molecular formula is C19H23ClF2N2O3. The zero-order valence-corrected chi connectivity index (χ0v) is 15.7. The fourth-order valence-electron chi connectivity index (χ4n) is 2.49. The van der Waals surface area contributed by atoms with E-state index in [0.29, 0.717) is 19.4 Å². The Morgan fingerprint density at radius 1 is 1.11 bits per heavy atom. The summed E-state index contributed by atoms with van der Waals surface area (Å²) >= 11 is 0. The van der Waals surface area contributed by atoms with Crippen molar-refractivity contribution in [3.8, 4) is 11.5 Å². The molecule has 2 aromatic carbocycles. The van der Waals surface area contributed by atoms with Crippen LogP contribution in [0.1, 0.15) is 11.1 Å². The fraction of sp³-hybridized carbons (Fsp3) is 0.316.